The van der Waals surface area contributed by atoms with Crippen LogP contribution in [-0.2, 0) is 9.53 Å². The van der Waals surface area contributed by atoms with Gasteiger partial charge in [0.2, 0.25) is 5.91 Å². The van der Waals surface area contributed by atoms with Crippen LogP contribution in [-0.4, -0.2) is 66.1 Å². The molecule has 0 aromatic rings. The molecule has 5 nitrogen and oxygen atoms in total. The van der Waals surface area contributed by atoms with Gasteiger partial charge in [0.25, 0.3) is 0 Å². The first-order valence-electron chi connectivity index (χ1n) is 7.55. The molecule has 2 N–H and O–H groups in total. The summed E-state index contributed by atoms with van der Waals surface area (Å²) in [5.74, 6) is 0.258. The van der Waals surface area contributed by atoms with Crippen LogP contribution >= 0.6 is 12.2 Å². The average Bonchev–Trinajstić information content (AvgIpc) is 2.46. The van der Waals surface area contributed by atoms with Crippen LogP contribution in [0.3, 0.4) is 0 Å². The smallest absolute Gasteiger partial charge is 0.222 e. The molecule has 20 heavy (non-hydrogen) atoms. The van der Waals surface area contributed by atoms with Crippen LogP contribution < -0.4 is 5.73 Å². The summed E-state index contributed by atoms with van der Waals surface area (Å²) in [6.45, 7) is 4.82. The number of rotatable bonds is 5. The molecule has 1 atom stereocenters. The summed E-state index contributed by atoms with van der Waals surface area (Å²) in [5.41, 5.74) is 5.54. The lowest BCUT2D eigenvalue weighted by Crippen LogP contribution is -2.50. The van der Waals surface area contributed by atoms with Gasteiger partial charge in [-0.2, -0.15) is 0 Å². The van der Waals surface area contributed by atoms with Crippen LogP contribution in [0, 0.1) is 0 Å². The fourth-order valence-corrected chi connectivity index (χ4v) is 3.04. The zero-order chi connectivity index (χ0) is 14.4. The first-order chi connectivity index (χ1) is 9.65. The molecule has 2 fully saturated rings. The van der Waals surface area contributed by atoms with Gasteiger partial charge in [-0.15, -0.1) is 0 Å². The third-order valence-corrected chi connectivity index (χ3v) is 4.19. The quantitative estimate of drug-likeness (QED) is 0.760. The summed E-state index contributed by atoms with van der Waals surface area (Å²) in [7, 11) is 0. The van der Waals surface area contributed by atoms with E-state index in [-0.39, 0.29) is 5.91 Å². The number of nitrogens with two attached hydrogens (primary N) is 1. The molecule has 1 amide bonds. The van der Waals surface area contributed by atoms with Gasteiger partial charge < -0.3 is 15.4 Å². The number of ether oxygens (including phenoxy) is 1. The van der Waals surface area contributed by atoms with E-state index >= 15 is 0 Å². The Morgan fingerprint density at radius 3 is 2.60 bits per heavy atom. The zero-order valence-electron chi connectivity index (χ0n) is 12.1. The minimum absolute atomic E-state index is 0.258. The maximum Gasteiger partial charge on any atom is 0.222 e. The van der Waals surface area contributed by atoms with Gasteiger partial charge in [-0.25, -0.2) is 0 Å². The molecule has 0 aliphatic carbocycles. The topological polar surface area (TPSA) is 58.8 Å². The number of thiocarbonyl (C=S) groups is 1. The number of nitrogens with zero attached hydrogens (tertiary/aromatic N) is 2. The van der Waals surface area contributed by atoms with E-state index in [9.17, 15) is 4.79 Å². The van der Waals surface area contributed by atoms with Crippen molar-refractivity contribution >= 4 is 23.1 Å². The van der Waals surface area contributed by atoms with E-state index in [0.29, 0.717) is 24.1 Å². The first-order valence-corrected chi connectivity index (χ1v) is 7.96. The Morgan fingerprint density at radius 2 is 2.00 bits per heavy atom. The Balaban J connectivity index is 1.65. The molecular formula is C14H25N3O2S. The van der Waals surface area contributed by atoms with Gasteiger partial charge in [-0.1, -0.05) is 12.2 Å². The van der Waals surface area contributed by atoms with Crippen LogP contribution in [0.4, 0.5) is 0 Å². The molecule has 0 saturated carbocycles. The van der Waals surface area contributed by atoms with Gasteiger partial charge >= 0.3 is 0 Å². The normalized spacial score (nSPS) is 24.6. The van der Waals surface area contributed by atoms with E-state index in [2.05, 4.69) is 4.90 Å². The third kappa shape index (κ3) is 5.00. The second-order valence-electron chi connectivity index (χ2n) is 5.65. The van der Waals surface area contributed by atoms with Crippen molar-refractivity contribution in [3.05, 3.63) is 0 Å². The van der Waals surface area contributed by atoms with E-state index in [4.69, 9.17) is 22.7 Å². The summed E-state index contributed by atoms with van der Waals surface area (Å²) in [6, 6.07) is 0. The molecule has 6 heteroatoms. The van der Waals surface area contributed by atoms with Crippen LogP contribution in [0.5, 0.6) is 0 Å². The second kappa shape index (κ2) is 7.90. The largest absolute Gasteiger partial charge is 0.392 e. The van der Waals surface area contributed by atoms with Gasteiger partial charge in [0, 0.05) is 45.8 Å². The van der Waals surface area contributed by atoms with Crippen molar-refractivity contribution in [3.63, 3.8) is 0 Å². The number of piperazine rings is 1. The van der Waals surface area contributed by atoms with Crippen molar-refractivity contribution in [2.24, 2.45) is 5.73 Å². The van der Waals surface area contributed by atoms with Crippen LogP contribution in [0.15, 0.2) is 0 Å². The maximum absolute atomic E-state index is 12.2. The summed E-state index contributed by atoms with van der Waals surface area (Å²) >= 11 is 4.91. The summed E-state index contributed by atoms with van der Waals surface area (Å²) < 4.78 is 5.67. The third-order valence-electron chi connectivity index (χ3n) is 4.06. The summed E-state index contributed by atoms with van der Waals surface area (Å²) in [6.07, 6.45) is 5.27. The second-order valence-corrected chi connectivity index (χ2v) is 6.17. The number of hydrogen-bond donors (Lipinski definition) is 1. The predicted octanol–water partition coefficient (Wildman–Crippen LogP) is 0.766. The number of amides is 1. The standard InChI is InChI=1S/C14H25N3O2S/c15-13(20)11-16-6-8-17(9-7-16)14(18)5-4-12-3-1-2-10-19-12/h12H,1-11H2,(H2,15,20). The predicted molar refractivity (Wildman–Crippen MR) is 82.6 cm³/mol. The Kier molecular flexibility index (Phi) is 6.19. The molecule has 2 aliphatic heterocycles. The first kappa shape index (κ1) is 15.7. The van der Waals surface area contributed by atoms with Crippen molar-refractivity contribution in [2.45, 2.75) is 38.2 Å². The van der Waals surface area contributed by atoms with Gasteiger partial charge in [-0.05, 0) is 25.7 Å². The minimum atomic E-state index is 0.258. The fraction of sp³-hybridized carbons (Fsp3) is 0.857. The molecule has 2 rings (SSSR count). The molecule has 0 bridgehead atoms. The number of carbonyl (C=O) groups excluding carboxylic acids is 1. The van der Waals surface area contributed by atoms with Crippen molar-refractivity contribution in [3.8, 4) is 0 Å². The van der Waals surface area contributed by atoms with Crippen molar-refractivity contribution < 1.29 is 9.53 Å². The van der Waals surface area contributed by atoms with Crippen molar-refractivity contribution in [1.82, 2.24) is 9.80 Å². The van der Waals surface area contributed by atoms with E-state index in [0.717, 1.165) is 52.0 Å². The van der Waals surface area contributed by atoms with Crippen LogP contribution in [0.25, 0.3) is 0 Å². The molecule has 0 spiro atoms. The molecular weight excluding hydrogens is 274 g/mol. The Hall–Kier alpha value is -0.720. The highest BCUT2D eigenvalue weighted by Crippen LogP contribution is 2.17. The average molecular weight is 299 g/mol. The monoisotopic (exact) mass is 299 g/mol. The highest BCUT2D eigenvalue weighted by molar-refractivity contribution is 7.80. The van der Waals surface area contributed by atoms with Gasteiger partial charge in [-0.3, -0.25) is 9.69 Å². The molecule has 0 aromatic carbocycles. The molecule has 1 unspecified atom stereocenters. The summed E-state index contributed by atoms with van der Waals surface area (Å²) in [5, 5.41) is 0. The Labute approximate surface area is 126 Å². The van der Waals surface area contributed by atoms with E-state index < -0.39 is 0 Å². The lowest BCUT2D eigenvalue weighted by molar-refractivity contribution is -0.133. The zero-order valence-corrected chi connectivity index (χ0v) is 12.9. The number of hydrogen-bond acceptors (Lipinski definition) is 4. The summed E-state index contributed by atoms with van der Waals surface area (Å²) in [4.78, 5) is 16.9. The molecule has 2 saturated heterocycles. The van der Waals surface area contributed by atoms with E-state index in [1.165, 1.54) is 6.42 Å². The van der Waals surface area contributed by atoms with E-state index in [1.807, 2.05) is 4.90 Å². The molecule has 0 aromatic heterocycles. The Morgan fingerprint density at radius 1 is 1.25 bits per heavy atom. The molecule has 2 heterocycles. The van der Waals surface area contributed by atoms with Crippen molar-refractivity contribution in [1.29, 1.82) is 0 Å². The van der Waals surface area contributed by atoms with Gasteiger partial charge in [0.15, 0.2) is 0 Å². The van der Waals surface area contributed by atoms with Crippen molar-refractivity contribution in [2.75, 3.05) is 39.3 Å². The van der Waals surface area contributed by atoms with Crippen LogP contribution in [0.2, 0.25) is 0 Å². The number of carbonyl (C=O) groups is 1. The SMILES string of the molecule is NC(=S)CN1CCN(C(=O)CCC2CCCCO2)CC1. The minimum Gasteiger partial charge on any atom is -0.392 e. The molecule has 0 radical (unpaired) electrons. The maximum atomic E-state index is 12.2. The van der Waals surface area contributed by atoms with Gasteiger partial charge in [0.1, 0.15) is 0 Å². The highest BCUT2D eigenvalue weighted by atomic mass is 32.1. The van der Waals surface area contributed by atoms with E-state index in [1.54, 1.807) is 0 Å². The lowest BCUT2D eigenvalue weighted by Gasteiger charge is -2.34. The Bertz CT molecular complexity index is 337. The molecule has 114 valence electrons. The molecule has 2 aliphatic rings. The lowest BCUT2D eigenvalue weighted by atomic mass is 10.0. The van der Waals surface area contributed by atoms with Gasteiger partial charge in [0.05, 0.1) is 11.1 Å². The van der Waals surface area contributed by atoms with Crippen LogP contribution in [0.1, 0.15) is 32.1 Å². The highest BCUT2D eigenvalue weighted by Gasteiger charge is 2.22. The fourth-order valence-electron chi connectivity index (χ4n) is 2.85.